The molecule has 3 nitrogen and oxygen atoms in total. The highest BCUT2D eigenvalue weighted by Gasteiger charge is 2.21. The predicted molar refractivity (Wildman–Crippen MR) is 75.5 cm³/mol. The summed E-state index contributed by atoms with van der Waals surface area (Å²) in [5.74, 6) is 0.349. The molecule has 1 amide bonds. The molecule has 0 heterocycles. The molecule has 1 aliphatic rings. The van der Waals surface area contributed by atoms with Crippen molar-refractivity contribution in [3.05, 3.63) is 35.6 Å². The van der Waals surface area contributed by atoms with Gasteiger partial charge in [-0.1, -0.05) is 31.4 Å². The first-order valence-corrected chi connectivity index (χ1v) is 7.29. The Balaban J connectivity index is 1.78. The van der Waals surface area contributed by atoms with E-state index in [1.165, 1.54) is 43.5 Å². The number of hydrogen-bond acceptors (Lipinski definition) is 2. The summed E-state index contributed by atoms with van der Waals surface area (Å²) >= 11 is 0. The number of benzene rings is 1. The van der Waals surface area contributed by atoms with E-state index in [-0.39, 0.29) is 17.8 Å². The van der Waals surface area contributed by atoms with Crippen molar-refractivity contribution >= 4 is 5.91 Å². The molecule has 0 aromatic heterocycles. The number of hydrogen-bond donors (Lipinski definition) is 2. The summed E-state index contributed by atoms with van der Waals surface area (Å²) in [5, 5.41) is 12.9. The van der Waals surface area contributed by atoms with Crippen molar-refractivity contribution in [2.75, 3.05) is 0 Å². The third kappa shape index (κ3) is 4.04. The number of rotatable bonds is 6. The van der Waals surface area contributed by atoms with Crippen molar-refractivity contribution in [1.29, 1.82) is 0 Å². The lowest BCUT2D eigenvalue weighted by atomic mass is 9.82. The third-order valence-electron chi connectivity index (χ3n) is 4.08. The second-order valence-electron chi connectivity index (χ2n) is 5.69. The maximum atomic E-state index is 12.8. The Kier molecular flexibility index (Phi) is 5.12. The number of aliphatic hydroxyl groups excluding tert-OH is 1. The Morgan fingerprint density at radius 1 is 1.40 bits per heavy atom. The summed E-state index contributed by atoms with van der Waals surface area (Å²) in [6, 6.07) is 5.32. The molecular weight excluding hydrogens is 257 g/mol. The molecule has 1 fully saturated rings. The summed E-state index contributed by atoms with van der Waals surface area (Å²) in [4.78, 5) is 11.8. The van der Waals surface area contributed by atoms with Crippen LogP contribution in [0.4, 0.5) is 4.39 Å². The molecular formula is C16H22FNO2. The molecule has 0 aliphatic heterocycles. The van der Waals surface area contributed by atoms with E-state index < -0.39 is 6.10 Å². The van der Waals surface area contributed by atoms with Gasteiger partial charge in [0, 0.05) is 6.42 Å². The van der Waals surface area contributed by atoms with Crippen molar-refractivity contribution in [3.63, 3.8) is 0 Å². The van der Waals surface area contributed by atoms with E-state index in [0.29, 0.717) is 17.9 Å². The maximum absolute atomic E-state index is 12.8. The van der Waals surface area contributed by atoms with Crippen LogP contribution in [0.3, 0.4) is 0 Å². The van der Waals surface area contributed by atoms with Gasteiger partial charge in [-0.05, 0) is 37.0 Å². The minimum absolute atomic E-state index is 0.0226. The van der Waals surface area contributed by atoms with Crippen LogP contribution in [0.25, 0.3) is 0 Å². The van der Waals surface area contributed by atoms with Gasteiger partial charge in [-0.15, -0.1) is 0 Å². The van der Waals surface area contributed by atoms with E-state index >= 15 is 0 Å². The summed E-state index contributed by atoms with van der Waals surface area (Å²) in [6.45, 7) is 1.76. The standard InChI is InChI=1S/C16H22FNO2/c1-11(16(20)13-6-8-14(17)9-7-13)18-15(19)10-5-12-3-2-4-12/h6-9,11-12,16,20H,2-5,10H2,1H3,(H,18,19). The van der Waals surface area contributed by atoms with E-state index in [2.05, 4.69) is 5.32 Å². The minimum Gasteiger partial charge on any atom is -0.386 e. The first-order chi connectivity index (χ1) is 9.56. The number of carbonyl (C=O) groups excluding carboxylic acids is 1. The Bertz CT molecular complexity index is 442. The van der Waals surface area contributed by atoms with Crippen molar-refractivity contribution in [2.24, 2.45) is 5.92 Å². The van der Waals surface area contributed by atoms with Crippen molar-refractivity contribution in [1.82, 2.24) is 5.32 Å². The largest absolute Gasteiger partial charge is 0.386 e. The van der Waals surface area contributed by atoms with E-state index in [1.807, 2.05) is 0 Å². The zero-order valence-electron chi connectivity index (χ0n) is 11.8. The average Bonchev–Trinajstić information content (AvgIpc) is 2.37. The number of halogens is 1. The molecule has 1 aromatic carbocycles. The quantitative estimate of drug-likeness (QED) is 0.841. The Morgan fingerprint density at radius 2 is 2.05 bits per heavy atom. The smallest absolute Gasteiger partial charge is 0.220 e. The monoisotopic (exact) mass is 279 g/mol. The van der Waals surface area contributed by atoms with Gasteiger partial charge in [0.15, 0.2) is 0 Å². The lowest BCUT2D eigenvalue weighted by molar-refractivity contribution is -0.122. The van der Waals surface area contributed by atoms with Crippen molar-refractivity contribution in [2.45, 2.75) is 51.2 Å². The lowest BCUT2D eigenvalue weighted by Crippen LogP contribution is -2.37. The summed E-state index contributed by atoms with van der Waals surface area (Å²) < 4.78 is 12.8. The van der Waals surface area contributed by atoms with Gasteiger partial charge < -0.3 is 10.4 Å². The number of carbonyl (C=O) groups is 1. The molecule has 0 bridgehead atoms. The first kappa shape index (κ1) is 15.0. The van der Waals surface area contributed by atoms with Gasteiger partial charge in [-0.25, -0.2) is 4.39 Å². The fourth-order valence-electron chi connectivity index (χ4n) is 2.47. The van der Waals surface area contributed by atoms with Crippen LogP contribution in [0, 0.1) is 11.7 Å². The van der Waals surface area contributed by atoms with Crippen LogP contribution in [-0.2, 0) is 4.79 Å². The van der Waals surface area contributed by atoms with Gasteiger partial charge in [0.05, 0.1) is 12.1 Å². The molecule has 2 atom stereocenters. The van der Waals surface area contributed by atoms with E-state index in [1.54, 1.807) is 6.92 Å². The van der Waals surface area contributed by atoms with Gasteiger partial charge >= 0.3 is 0 Å². The highest BCUT2D eigenvalue weighted by atomic mass is 19.1. The minimum atomic E-state index is -0.816. The maximum Gasteiger partial charge on any atom is 0.220 e. The molecule has 2 rings (SSSR count). The van der Waals surface area contributed by atoms with Crippen molar-refractivity contribution < 1.29 is 14.3 Å². The fourth-order valence-corrected chi connectivity index (χ4v) is 2.47. The zero-order valence-corrected chi connectivity index (χ0v) is 11.8. The topological polar surface area (TPSA) is 49.3 Å². The molecule has 4 heteroatoms. The molecule has 2 unspecified atom stereocenters. The summed E-state index contributed by atoms with van der Waals surface area (Å²) in [6.07, 6.45) is 4.40. The number of aliphatic hydroxyl groups is 1. The van der Waals surface area contributed by atoms with Gasteiger partial charge in [-0.2, -0.15) is 0 Å². The highest BCUT2D eigenvalue weighted by Crippen LogP contribution is 2.30. The average molecular weight is 279 g/mol. The SMILES string of the molecule is CC(NC(=O)CCC1CCC1)C(O)c1ccc(F)cc1. The third-order valence-corrected chi connectivity index (χ3v) is 4.08. The molecule has 20 heavy (non-hydrogen) atoms. The van der Waals surface area contributed by atoms with Gasteiger partial charge in [0.1, 0.15) is 5.82 Å². The highest BCUT2D eigenvalue weighted by molar-refractivity contribution is 5.76. The molecule has 1 aromatic rings. The Hall–Kier alpha value is -1.42. The van der Waals surface area contributed by atoms with E-state index in [0.717, 1.165) is 6.42 Å². The molecule has 0 radical (unpaired) electrons. The Morgan fingerprint density at radius 3 is 2.60 bits per heavy atom. The van der Waals surface area contributed by atoms with Crippen LogP contribution in [-0.4, -0.2) is 17.1 Å². The molecule has 0 saturated heterocycles. The van der Waals surface area contributed by atoms with E-state index in [9.17, 15) is 14.3 Å². The van der Waals surface area contributed by atoms with Crippen LogP contribution < -0.4 is 5.32 Å². The number of amides is 1. The lowest BCUT2D eigenvalue weighted by Gasteiger charge is -2.25. The molecule has 0 spiro atoms. The van der Waals surface area contributed by atoms with E-state index in [4.69, 9.17) is 0 Å². The molecule has 110 valence electrons. The van der Waals surface area contributed by atoms with Crippen molar-refractivity contribution in [3.8, 4) is 0 Å². The zero-order chi connectivity index (χ0) is 14.5. The van der Waals surface area contributed by atoms with Crippen LogP contribution >= 0.6 is 0 Å². The molecule has 2 N–H and O–H groups in total. The molecule has 1 saturated carbocycles. The normalized spacial score (nSPS) is 18.1. The van der Waals surface area contributed by atoms with Gasteiger partial charge in [0.2, 0.25) is 5.91 Å². The van der Waals surface area contributed by atoms with Crippen LogP contribution in [0.2, 0.25) is 0 Å². The molecule has 1 aliphatic carbocycles. The van der Waals surface area contributed by atoms with Gasteiger partial charge in [-0.3, -0.25) is 4.79 Å². The van der Waals surface area contributed by atoms with Crippen LogP contribution in [0.1, 0.15) is 50.7 Å². The van der Waals surface area contributed by atoms with Gasteiger partial charge in [0.25, 0.3) is 0 Å². The Labute approximate surface area is 119 Å². The second kappa shape index (κ2) is 6.84. The second-order valence-corrected chi connectivity index (χ2v) is 5.69. The summed E-state index contributed by atoms with van der Waals surface area (Å²) in [7, 11) is 0. The fraction of sp³-hybridized carbons (Fsp3) is 0.562. The first-order valence-electron chi connectivity index (χ1n) is 7.29. The number of nitrogens with one attached hydrogen (secondary N) is 1. The van der Waals surface area contributed by atoms with Crippen LogP contribution in [0.15, 0.2) is 24.3 Å². The summed E-state index contributed by atoms with van der Waals surface area (Å²) in [5.41, 5.74) is 0.609. The van der Waals surface area contributed by atoms with Crippen LogP contribution in [0.5, 0.6) is 0 Å². The predicted octanol–water partition coefficient (Wildman–Crippen LogP) is 2.94.